The molecule has 0 N–H and O–H groups in total. The minimum absolute atomic E-state index is 0.0167. The fourth-order valence-electron chi connectivity index (χ4n) is 3.82. The number of nitrogens with zero attached hydrogens (tertiary/aromatic N) is 3. The van der Waals surface area contributed by atoms with Crippen molar-refractivity contribution in [3.05, 3.63) is 66.4 Å². The first-order valence-electron chi connectivity index (χ1n) is 9.07. The van der Waals surface area contributed by atoms with E-state index in [-0.39, 0.29) is 18.5 Å². The molecule has 4 rings (SSSR count). The first kappa shape index (κ1) is 18.4. The van der Waals surface area contributed by atoms with Gasteiger partial charge in [0.15, 0.2) is 0 Å². The van der Waals surface area contributed by atoms with E-state index in [0.29, 0.717) is 11.2 Å². The van der Waals surface area contributed by atoms with Crippen molar-refractivity contribution < 1.29 is 13.2 Å². The molecule has 1 aliphatic heterocycles. The molecule has 0 radical (unpaired) electrons. The molecule has 3 aromatic rings. The Morgan fingerprint density at radius 3 is 2.68 bits per heavy atom. The Morgan fingerprint density at radius 2 is 1.89 bits per heavy atom. The molecule has 0 aliphatic carbocycles. The summed E-state index contributed by atoms with van der Waals surface area (Å²) in [7, 11) is -3.68. The van der Waals surface area contributed by atoms with Crippen molar-refractivity contribution in [2.24, 2.45) is 0 Å². The van der Waals surface area contributed by atoms with Crippen LogP contribution in [-0.2, 0) is 21.2 Å². The van der Waals surface area contributed by atoms with E-state index >= 15 is 0 Å². The molecule has 2 aromatic carbocycles. The lowest BCUT2D eigenvalue weighted by atomic mass is 10.1. The van der Waals surface area contributed by atoms with Crippen LogP contribution >= 0.6 is 0 Å². The summed E-state index contributed by atoms with van der Waals surface area (Å²) in [6.07, 6.45) is 3.49. The van der Waals surface area contributed by atoms with E-state index in [2.05, 4.69) is 4.98 Å². The number of hydrogen-bond acceptors (Lipinski definition) is 4. The van der Waals surface area contributed by atoms with Crippen molar-refractivity contribution in [1.29, 1.82) is 0 Å². The fourth-order valence-corrected chi connectivity index (χ4v) is 4.66. The Hall–Kier alpha value is -2.93. The highest BCUT2D eigenvalue weighted by molar-refractivity contribution is 7.92. The molecule has 28 heavy (non-hydrogen) atoms. The maximum absolute atomic E-state index is 13.2. The highest BCUT2D eigenvalue weighted by atomic mass is 32.2. The number of carbonyl (C=O) groups excluding carboxylic acids is 1. The highest BCUT2D eigenvalue weighted by Crippen LogP contribution is 2.33. The first-order chi connectivity index (χ1) is 13.4. The van der Waals surface area contributed by atoms with Gasteiger partial charge in [-0.1, -0.05) is 36.4 Å². The quantitative estimate of drug-likeness (QED) is 0.681. The van der Waals surface area contributed by atoms with Gasteiger partial charge < -0.3 is 4.90 Å². The number of pyridine rings is 1. The summed E-state index contributed by atoms with van der Waals surface area (Å²) in [6, 6.07) is 16.7. The minimum atomic E-state index is -3.68. The van der Waals surface area contributed by atoms with Gasteiger partial charge in [0.2, 0.25) is 15.9 Å². The molecule has 1 aromatic heterocycles. The maximum atomic E-state index is 13.2. The van der Waals surface area contributed by atoms with Crippen molar-refractivity contribution in [1.82, 2.24) is 4.98 Å². The van der Waals surface area contributed by atoms with Crippen molar-refractivity contribution in [2.75, 3.05) is 22.0 Å². The summed E-state index contributed by atoms with van der Waals surface area (Å²) in [5.74, 6) is -0.254. The van der Waals surface area contributed by atoms with E-state index in [9.17, 15) is 13.2 Å². The number of amides is 1. The van der Waals surface area contributed by atoms with Gasteiger partial charge >= 0.3 is 0 Å². The fraction of sp³-hybridized carbons (Fsp3) is 0.238. The molecule has 1 atom stereocenters. The molecule has 1 unspecified atom stereocenters. The summed E-state index contributed by atoms with van der Waals surface area (Å²) in [6.45, 7) is 1.70. The zero-order valence-corrected chi connectivity index (χ0v) is 16.6. The largest absolute Gasteiger partial charge is 0.307 e. The molecule has 144 valence electrons. The second-order valence-corrected chi connectivity index (χ2v) is 8.97. The van der Waals surface area contributed by atoms with Crippen LogP contribution in [0.1, 0.15) is 12.5 Å². The van der Waals surface area contributed by atoms with Crippen LogP contribution in [0.4, 0.5) is 11.4 Å². The molecule has 0 spiro atoms. The lowest BCUT2D eigenvalue weighted by Crippen LogP contribution is -2.45. The molecule has 0 saturated carbocycles. The number of benzene rings is 2. The summed E-state index contributed by atoms with van der Waals surface area (Å²) >= 11 is 0. The average molecular weight is 395 g/mol. The number of hydrogen-bond donors (Lipinski definition) is 0. The van der Waals surface area contributed by atoms with E-state index in [1.807, 2.05) is 43.3 Å². The summed E-state index contributed by atoms with van der Waals surface area (Å²) in [5, 5.41) is 0.820. The van der Waals surface area contributed by atoms with Crippen molar-refractivity contribution in [2.45, 2.75) is 19.4 Å². The number of anilines is 2. The highest BCUT2D eigenvalue weighted by Gasteiger charge is 2.33. The second kappa shape index (κ2) is 6.91. The van der Waals surface area contributed by atoms with Gasteiger partial charge in [-0.25, -0.2) is 8.42 Å². The summed E-state index contributed by atoms with van der Waals surface area (Å²) in [4.78, 5) is 19.2. The lowest BCUT2D eigenvalue weighted by Gasteiger charge is -2.28. The van der Waals surface area contributed by atoms with E-state index in [0.717, 1.165) is 33.6 Å². The number of carbonyl (C=O) groups is 1. The molecular formula is C21H21N3O3S. The Morgan fingerprint density at radius 1 is 1.14 bits per heavy atom. The topological polar surface area (TPSA) is 70.6 Å². The third kappa shape index (κ3) is 3.22. The molecule has 2 heterocycles. The number of sulfonamides is 1. The third-order valence-corrected chi connectivity index (χ3v) is 6.16. The van der Waals surface area contributed by atoms with E-state index < -0.39 is 10.0 Å². The van der Waals surface area contributed by atoms with Crippen LogP contribution < -0.4 is 9.21 Å². The molecule has 7 heteroatoms. The van der Waals surface area contributed by atoms with E-state index in [4.69, 9.17) is 0 Å². The van der Waals surface area contributed by atoms with Crippen LogP contribution in [0.3, 0.4) is 0 Å². The lowest BCUT2D eigenvalue weighted by molar-refractivity contribution is -0.117. The Balaban J connectivity index is 1.74. The van der Waals surface area contributed by atoms with Gasteiger partial charge in [0.05, 0.1) is 17.5 Å². The normalized spacial score (nSPS) is 16.2. The van der Waals surface area contributed by atoms with Gasteiger partial charge in [-0.3, -0.25) is 14.1 Å². The molecule has 1 aliphatic rings. The van der Waals surface area contributed by atoms with Crippen LogP contribution in [0.25, 0.3) is 10.9 Å². The molecule has 0 saturated heterocycles. The minimum Gasteiger partial charge on any atom is -0.307 e. The summed E-state index contributed by atoms with van der Waals surface area (Å²) < 4.78 is 26.3. The number of fused-ring (bicyclic) bond motifs is 2. The molecule has 0 bridgehead atoms. The number of rotatable bonds is 4. The Labute approximate surface area is 164 Å². The van der Waals surface area contributed by atoms with Gasteiger partial charge in [0.1, 0.15) is 6.54 Å². The SMILES string of the molecule is CC1Cc2ccccc2N1C(=O)CN(c1cccc2cccnc12)S(C)(=O)=O. The third-order valence-electron chi connectivity index (χ3n) is 5.04. The van der Waals surface area contributed by atoms with Crippen LogP contribution in [-0.4, -0.2) is 38.2 Å². The predicted octanol–water partition coefficient (Wildman–Crippen LogP) is 2.98. The van der Waals surface area contributed by atoms with Crippen molar-refractivity contribution in [3.63, 3.8) is 0 Å². The van der Waals surface area contributed by atoms with Crippen LogP contribution in [0.15, 0.2) is 60.8 Å². The smallest absolute Gasteiger partial charge is 0.248 e. The molecular weight excluding hydrogens is 374 g/mol. The first-order valence-corrected chi connectivity index (χ1v) is 10.9. The second-order valence-electron chi connectivity index (χ2n) is 7.07. The van der Waals surface area contributed by atoms with Gasteiger partial charge in [0, 0.05) is 23.3 Å². The number of para-hydroxylation sites is 2. The predicted molar refractivity (Wildman–Crippen MR) is 111 cm³/mol. The van der Waals surface area contributed by atoms with Crippen LogP contribution in [0.5, 0.6) is 0 Å². The zero-order chi connectivity index (χ0) is 19.9. The van der Waals surface area contributed by atoms with Gasteiger partial charge in [-0.05, 0) is 37.1 Å². The molecule has 1 amide bonds. The zero-order valence-electron chi connectivity index (χ0n) is 15.7. The van der Waals surface area contributed by atoms with E-state index in [1.54, 1.807) is 29.3 Å². The molecule has 0 fully saturated rings. The van der Waals surface area contributed by atoms with Crippen LogP contribution in [0.2, 0.25) is 0 Å². The van der Waals surface area contributed by atoms with Crippen molar-refractivity contribution in [3.8, 4) is 0 Å². The maximum Gasteiger partial charge on any atom is 0.248 e. The standard InChI is InChI=1S/C21H21N3O3S/c1-15-13-17-7-3-4-10-18(17)24(15)20(25)14-23(28(2,26)27)19-11-5-8-16-9-6-12-22-21(16)19/h3-12,15H,13-14H2,1-2H3. The van der Waals surface area contributed by atoms with E-state index in [1.165, 1.54) is 0 Å². The summed E-state index contributed by atoms with van der Waals surface area (Å²) in [5.41, 5.74) is 2.91. The van der Waals surface area contributed by atoms with Gasteiger partial charge in [-0.15, -0.1) is 0 Å². The monoisotopic (exact) mass is 395 g/mol. The van der Waals surface area contributed by atoms with Crippen LogP contribution in [0, 0.1) is 0 Å². The number of aromatic nitrogens is 1. The molecule has 6 nitrogen and oxygen atoms in total. The van der Waals surface area contributed by atoms with Crippen molar-refractivity contribution >= 4 is 38.2 Å². The van der Waals surface area contributed by atoms with Gasteiger partial charge in [-0.2, -0.15) is 0 Å². The Bertz CT molecular complexity index is 1160. The van der Waals surface area contributed by atoms with Gasteiger partial charge in [0.25, 0.3) is 0 Å². The average Bonchev–Trinajstić information content (AvgIpc) is 3.00. The Kier molecular flexibility index (Phi) is 4.55.